The Bertz CT molecular complexity index is 655. The average Bonchev–Trinajstić information content (AvgIpc) is 2.85. The molecule has 0 unspecified atom stereocenters. The summed E-state index contributed by atoms with van der Waals surface area (Å²) in [5.41, 5.74) is 2.81. The summed E-state index contributed by atoms with van der Waals surface area (Å²) in [6.07, 6.45) is 0.873. The summed E-state index contributed by atoms with van der Waals surface area (Å²) in [5, 5.41) is 0.684. The number of benzene rings is 2. The Morgan fingerprint density at radius 3 is 2.95 bits per heavy atom. The Kier molecular flexibility index (Phi) is 3.53. The van der Waals surface area contributed by atoms with Crippen LogP contribution in [0.4, 0.5) is 4.39 Å². The quantitative estimate of drug-likeness (QED) is 0.839. The van der Waals surface area contributed by atoms with Crippen molar-refractivity contribution < 1.29 is 13.9 Å². The summed E-state index contributed by atoms with van der Waals surface area (Å²) in [6, 6.07) is 8.26. The zero-order valence-electron chi connectivity index (χ0n) is 11.1. The molecule has 0 aromatic heterocycles. The largest absolute Gasteiger partial charge is 0.493 e. The number of rotatable bonds is 3. The van der Waals surface area contributed by atoms with Gasteiger partial charge in [-0.05, 0) is 48.4 Å². The summed E-state index contributed by atoms with van der Waals surface area (Å²) in [5.74, 6) is 1.27. The minimum Gasteiger partial charge on any atom is -0.493 e. The van der Waals surface area contributed by atoms with E-state index in [4.69, 9.17) is 21.1 Å². The van der Waals surface area contributed by atoms with E-state index in [0.29, 0.717) is 24.0 Å². The van der Waals surface area contributed by atoms with Crippen molar-refractivity contribution in [1.82, 2.24) is 0 Å². The molecule has 0 amide bonds. The maximum absolute atomic E-state index is 13.1. The van der Waals surface area contributed by atoms with Crippen molar-refractivity contribution in [3.8, 4) is 11.5 Å². The highest BCUT2D eigenvalue weighted by Gasteiger charge is 2.18. The number of hydrogen-bond acceptors (Lipinski definition) is 2. The molecule has 0 spiro atoms. The molecule has 0 N–H and O–H groups in total. The van der Waals surface area contributed by atoms with Crippen LogP contribution in [0, 0.1) is 12.7 Å². The van der Waals surface area contributed by atoms with Crippen LogP contribution < -0.4 is 9.47 Å². The lowest BCUT2D eigenvalue weighted by molar-refractivity contribution is 0.290. The number of hydrogen-bond donors (Lipinski definition) is 0. The summed E-state index contributed by atoms with van der Waals surface area (Å²) in [7, 11) is 0. The highest BCUT2D eigenvalue weighted by Crippen LogP contribution is 2.33. The van der Waals surface area contributed by atoms with Gasteiger partial charge in [-0.1, -0.05) is 11.6 Å². The van der Waals surface area contributed by atoms with Crippen LogP contribution in [-0.2, 0) is 13.0 Å². The van der Waals surface area contributed by atoms with Crippen LogP contribution in [0.15, 0.2) is 30.3 Å². The van der Waals surface area contributed by atoms with Crippen LogP contribution in [-0.4, -0.2) is 6.61 Å². The van der Waals surface area contributed by atoms with Crippen molar-refractivity contribution in [2.45, 2.75) is 20.0 Å². The molecule has 0 saturated carbocycles. The molecule has 0 radical (unpaired) electrons. The Hall–Kier alpha value is -1.74. The standard InChI is InChI=1S/C16H14ClFO2/c1-10-6-14(18)2-3-15(10)20-9-12-8-13(17)7-11-4-5-19-16(11)12/h2-3,6-8H,4-5,9H2,1H3. The number of aryl methyl sites for hydroxylation is 1. The second kappa shape index (κ2) is 5.33. The Labute approximate surface area is 122 Å². The van der Waals surface area contributed by atoms with Crippen LogP contribution in [0.5, 0.6) is 11.5 Å². The first-order chi connectivity index (χ1) is 9.63. The fourth-order valence-corrected chi connectivity index (χ4v) is 2.65. The van der Waals surface area contributed by atoms with Crippen molar-refractivity contribution in [3.63, 3.8) is 0 Å². The summed E-state index contributed by atoms with van der Waals surface area (Å²) in [6.45, 7) is 2.85. The van der Waals surface area contributed by atoms with Gasteiger partial charge in [0.15, 0.2) is 0 Å². The van der Waals surface area contributed by atoms with Crippen molar-refractivity contribution in [3.05, 3.63) is 57.9 Å². The minimum absolute atomic E-state index is 0.262. The van der Waals surface area contributed by atoms with Crippen molar-refractivity contribution in [2.24, 2.45) is 0 Å². The first-order valence-corrected chi connectivity index (χ1v) is 6.84. The molecule has 0 aliphatic carbocycles. The van der Waals surface area contributed by atoms with Crippen molar-refractivity contribution in [2.75, 3.05) is 6.61 Å². The Morgan fingerprint density at radius 1 is 1.30 bits per heavy atom. The van der Waals surface area contributed by atoms with E-state index in [1.165, 1.54) is 12.1 Å². The zero-order valence-corrected chi connectivity index (χ0v) is 11.8. The lowest BCUT2D eigenvalue weighted by atomic mass is 10.1. The zero-order chi connectivity index (χ0) is 14.1. The van der Waals surface area contributed by atoms with E-state index >= 15 is 0 Å². The maximum Gasteiger partial charge on any atom is 0.129 e. The lowest BCUT2D eigenvalue weighted by Gasteiger charge is -2.12. The molecule has 2 aromatic rings. The summed E-state index contributed by atoms with van der Waals surface area (Å²) < 4.78 is 24.4. The van der Waals surface area contributed by atoms with Gasteiger partial charge in [0.2, 0.25) is 0 Å². The molecular weight excluding hydrogens is 279 g/mol. The molecule has 0 fully saturated rings. The number of halogens is 2. The fourth-order valence-electron chi connectivity index (χ4n) is 2.38. The Morgan fingerprint density at radius 2 is 2.15 bits per heavy atom. The van der Waals surface area contributed by atoms with E-state index in [0.717, 1.165) is 28.9 Å². The van der Waals surface area contributed by atoms with Gasteiger partial charge in [-0.25, -0.2) is 4.39 Å². The molecule has 3 rings (SSSR count). The predicted molar refractivity (Wildman–Crippen MR) is 76.1 cm³/mol. The van der Waals surface area contributed by atoms with Gasteiger partial charge in [0, 0.05) is 17.0 Å². The third-order valence-corrected chi connectivity index (χ3v) is 3.56. The minimum atomic E-state index is -0.262. The summed E-state index contributed by atoms with van der Waals surface area (Å²) in [4.78, 5) is 0. The predicted octanol–water partition coefficient (Wildman–Crippen LogP) is 4.30. The van der Waals surface area contributed by atoms with E-state index in [1.54, 1.807) is 6.07 Å². The van der Waals surface area contributed by atoms with E-state index in [1.807, 2.05) is 19.1 Å². The van der Waals surface area contributed by atoms with Gasteiger partial charge >= 0.3 is 0 Å². The van der Waals surface area contributed by atoms with Gasteiger partial charge < -0.3 is 9.47 Å². The molecule has 104 valence electrons. The van der Waals surface area contributed by atoms with Crippen LogP contribution in [0.3, 0.4) is 0 Å². The second-order valence-electron chi connectivity index (χ2n) is 4.85. The molecule has 4 heteroatoms. The SMILES string of the molecule is Cc1cc(F)ccc1OCc1cc(Cl)cc2c1OCC2. The highest BCUT2D eigenvalue weighted by molar-refractivity contribution is 6.30. The molecule has 2 nitrogen and oxygen atoms in total. The highest BCUT2D eigenvalue weighted by atomic mass is 35.5. The van der Waals surface area contributed by atoms with Crippen molar-refractivity contribution >= 4 is 11.6 Å². The molecule has 2 aromatic carbocycles. The van der Waals surface area contributed by atoms with Gasteiger partial charge in [0.25, 0.3) is 0 Å². The van der Waals surface area contributed by atoms with Gasteiger partial charge in [-0.2, -0.15) is 0 Å². The van der Waals surface area contributed by atoms with E-state index < -0.39 is 0 Å². The Balaban J connectivity index is 1.82. The molecule has 1 aliphatic rings. The molecule has 1 aliphatic heterocycles. The van der Waals surface area contributed by atoms with Gasteiger partial charge in [0.05, 0.1) is 6.61 Å². The molecule has 20 heavy (non-hydrogen) atoms. The second-order valence-corrected chi connectivity index (χ2v) is 5.29. The number of fused-ring (bicyclic) bond motifs is 1. The molecule has 0 saturated heterocycles. The molecule has 0 bridgehead atoms. The lowest BCUT2D eigenvalue weighted by Crippen LogP contribution is -2.00. The van der Waals surface area contributed by atoms with Crippen LogP contribution >= 0.6 is 11.6 Å². The third-order valence-electron chi connectivity index (χ3n) is 3.35. The molecule has 0 atom stereocenters. The maximum atomic E-state index is 13.1. The van der Waals surface area contributed by atoms with E-state index in [9.17, 15) is 4.39 Å². The number of ether oxygens (including phenoxy) is 2. The fraction of sp³-hybridized carbons (Fsp3) is 0.250. The first-order valence-electron chi connectivity index (χ1n) is 6.46. The third kappa shape index (κ3) is 2.59. The van der Waals surface area contributed by atoms with Gasteiger partial charge in [0.1, 0.15) is 23.9 Å². The summed E-state index contributed by atoms with van der Waals surface area (Å²) >= 11 is 6.10. The smallest absolute Gasteiger partial charge is 0.129 e. The van der Waals surface area contributed by atoms with Crippen LogP contribution in [0.1, 0.15) is 16.7 Å². The van der Waals surface area contributed by atoms with Gasteiger partial charge in [-0.3, -0.25) is 0 Å². The van der Waals surface area contributed by atoms with Crippen molar-refractivity contribution in [1.29, 1.82) is 0 Å². The van der Waals surface area contributed by atoms with Crippen LogP contribution in [0.25, 0.3) is 0 Å². The monoisotopic (exact) mass is 292 g/mol. The molecule has 1 heterocycles. The van der Waals surface area contributed by atoms with Crippen LogP contribution in [0.2, 0.25) is 5.02 Å². The normalized spacial score (nSPS) is 12.9. The first kappa shape index (κ1) is 13.3. The average molecular weight is 293 g/mol. The molecular formula is C16H14ClFO2. The topological polar surface area (TPSA) is 18.5 Å². The van der Waals surface area contributed by atoms with E-state index in [2.05, 4.69) is 0 Å². The van der Waals surface area contributed by atoms with Gasteiger partial charge in [-0.15, -0.1) is 0 Å². The van der Waals surface area contributed by atoms with E-state index in [-0.39, 0.29) is 5.82 Å².